The molecule has 2 aromatic rings. The van der Waals surface area contributed by atoms with E-state index in [0.717, 1.165) is 40.8 Å². The topological polar surface area (TPSA) is 64.3 Å². The van der Waals surface area contributed by atoms with Gasteiger partial charge in [0, 0.05) is 6.54 Å². The molecule has 0 amide bonds. The van der Waals surface area contributed by atoms with Crippen LogP contribution in [-0.2, 0) is 11.3 Å². The quantitative estimate of drug-likeness (QED) is 0.797. The molecule has 3 rings (SSSR count). The summed E-state index contributed by atoms with van der Waals surface area (Å²) in [7, 11) is 1.63. The fourth-order valence-electron chi connectivity index (χ4n) is 2.44. The number of carbonyl (C=O) groups is 1. The van der Waals surface area contributed by atoms with Gasteiger partial charge >= 0.3 is 5.97 Å². The zero-order chi connectivity index (χ0) is 14.8. The van der Waals surface area contributed by atoms with Crippen LogP contribution >= 0.6 is 11.8 Å². The van der Waals surface area contributed by atoms with Gasteiger partial charge in [-0.25, -0.2) is 4.98 Å². The van der Waals surface area contributed by atoms with Crippen LogP contribution in [0.15, 0.2) is 23.4 Å². The van der Waals surface area contributed by atoms with Crippen molar-refractivity contribution < 1.29 is 14.6 Å². The fraction of sp³-hybridized carbons (Fsp3) is 0.467. The van der Waals surface area contributed by atoms with Gasteiger partial charge in [-0.05, 0) is 24.5 Å². The summed E-state index contributed by atoms with van der Waals surface area (Å²) in [5.41, 5.74) is 1.83. The minimum Gasteiger partial charge on any atom is -0.494 e. The third-order valence-corrected chi connectivity index (χ3v) is 4.67. The molecular weight excluding hydrogens is 288 g/mol. The van der Waals surface area contributed by atoms with Crippen molar-refractivity contribution >= 4 is 28.8 Å². The van der Waals surface area contributed by atoms with Crippen molar-refractivity contribution in [2.75, 3.05) is 12.9 Å². The molecule has 0 atom stereocenters. The number of aliphatic carboxylic acids is 1. The summed E-state index contributed by atoms with van der Waals surface area (Å²) < 4.78 is 7.49. The molecule has 1 aliphatic rings. The monoisotopic (exact) mass is 306 g/mol. The summed E-state index contributed by atoms with van der Waals surface area (Å²) in [6.45, 7) is 0.885. The van der Waals surface area contributed by atoms with Crippen LogP contribution in [0.5, 0.6) is 5.75 Å². The zero-order valence-corrected chi connectivity index (χ0v) is 12.7. The molecule has 1 fully saturated rings. The van der Waals surface area contributed by atoms with Crippen LogP contribution in [0.2, 0.25) is 0 Å². The van der Waals surface area contributed by atoms with E-state index in [2.05, 4.69) is 9.55 Å². The molecular formula is C15H18N2O3S. The van der Waals surface area contributed by atoms with Crippen molar-refractivity contribution in [2.45, 2.75) is 31.0 Å². The molecule has 1 aromatic heterocycles. The number of benzene rings is 1. The Morgan fingerprint density at radius 3 is 3.00 bits per heavy atom. The van der Waals surface area contributed by atoms with Crippen molar-refractivity contribution in [3.63, 3.8) is 0 Å². The molecule has 21 heavy (non-hydrogen) atoms. The Labute approximate surface area is 127 Å². The lowest BCUT2D eigenvalue weighted by molar-refractivity contribution is -0.133. The third kappa shape index (κ3) is 3.15. The Balaban J connectivity index is 1.96. The van der Waals surface area contributed by atoms with Gasteiger partial charge in [-0.15, -0.1) is 0 Å². The first-order valence-electron chi connectivity index (χ1n) is 7.07. The molecule has 0 saturated heterocycles. The highest BCUT2D eigenvalue weighted by Gasteiger charge is 2.22. The predicted molar refractivity (Wildman–Crippen MR) is 82.0 cm³/mol. The van der Waals surface area contributed by atoms with Crippen LogP contribution in [0.1, 0.15) is 19.3 Å². The van der Waals surface area contributed by atoms with E-state index in [-0.39, 0.29) is 5.75 Å². The smallest absolute Gasteiger partial charge is 0.313 e. The minimum absolute atomic E-state index is 0.0229. The Hall–Kier alpha value is -1.69. The summed E-state index contributed by atoms with van der Waals surface area (Å²) in [5.74, 6) is 0.753. The number of para-hydroxylation sites is 1. The number of hydrogen-bond acceptors (Lipinski definition) is 4. The number of nitrogens with zero attached hydrogens (tertiary/aromatic N) is 2. The lowest BCUT2D eigenvalue weighted by Crippen LogP contribution is -2.04. The minimum atomic E-state index is -0.826. The van der Waals surface area contributed by atoms with E-state index in [4.69, 9.17) is 9.84 Å². The van der Waals surface area contributed by atoms with Gasteiger partial charge in [0.05, 0.1) is 18.4 Å². The number of imidazole rings is 1. The second-order valence-electron chi connectivity index (χ2n) is 5.29. The van der Waals surface area contributed by atoms with Crippen LogP contribution < -0.4 is 4.74 Å². The largest absolute Gasteiger partial charge is 0.494 e. The van der Waals surface area contributed by atoms with E-state index in [1.54, 1.807) is 7.11 Å². The molecule has 0 aliphatic heterocycles. The SMILES string of the molecule is COc1cccc2c1nc(SCC(=O)O)n2CCC1CC1. The lowest BCUT2D eigenvalue weighted by atomic mass is 10.2. The van der Waals surface area contributed by atoms with Crippen LogP contribution in [-0.4, -0.2) is 33.5 Å². The summed E-state index contributed by atoms with van der Waals surface area (Å²) >= 11 is 1.27. The molecule has 6 heteroatoms. The first kappa shape index (κ1) is 14.3. The highest BCUT2D eigenvalue weighted by molar-refractivity contribution is 7.99. The maximum Gasteiger partial charge on any atom is 0.313 e. The maximum atomic E-state index is 10.8. The normalized spacial score (nSPS) is 14.5. The number of carboxylic acids is 1. The average molecular weight is 306 g/mol. The third-order valence-electron chi connectivity index (χ3n) is 3.71. The van der Waals surface area contributed by atoms with Crippen LogP contribution in [0.4, 0.5) is 0 Å². The van der Waals surface area contributed by atoms with E-state index in [1.165, 1.54) is 24.6 Å². The number of rotatable bonds is 7. The van der Waals surface area contributed by atoms with Gasteiger partial charge in [-0.2, -0.15) is 0 Å². The number of ether oxygens (including phenoxy) is 1. The molecule has 1 aromatic carbocycles. The van der Waals surface area contributed by atoms with Gasteiger partial charge in [0.15, 0.2) is 5.16 Å². The van der Waals surface area contributed by atoms with Gasteiger partial charge in [0.1, 0.15) is 11.3 Å². The Morgan fingerprint density at radius 1 is 1.52 bits per heavy atom. The molecule has 1 saturated carbocycles. The highest BCUT2D eigenvalue weighted by atomic mass is 32.2. The van der Waals surface area contributed by atoms with Crippen molar-refractivity contribution in [1.82, 2.24) is 9.55 Å². The molecule has 5 nitrogen and oxygen atoms in total. The second-order valence-corrected chi connectivity index (χ2v) is 6.23. The molecule has 0 bridgehead atoms. The van der Waals surface area contributed by atoms with E-state index in [0.29, 0.717) is 0 Å². The standard InChI is InChI=1S/C15H18N2O3S/c1-20-12-4-2-3-11-14(12)16-15(21-9-13(18)19)17(11)8-7-10-5-6-10/h2-4,10H,5-9H2,1H3,(H,18,19). The summed E-state index contributed by atoms with van der Waals surface area (Å²) in [4.78, 5) is 15.4. The van der Waals surface area contributed by atoms with Crippen molar-refractivity contribution in [1.29, 1.82) is 0 Å². The van der Waals surface area contributed by atoms with E-state index >= 15 is 0 Å². The predicted octanol–water partition coefficient (Wildman–Crippen LogP) is 3.02. The number of fused-ring (bicyclic) bond motifs is 1. The molecule has 1 N–H and O–H groups in total. The zero-order valence-electron chi connectivity index (χ0n) is 11.9. The van der Waals surface area contributed by atoms with Crippen molar-refractivity contribution in [3.8, 4) is 5.75 Å². The Morgan fingerprint density at radius 2 is 2.33 bits per heavy atom. The van der Waals surface area contributed by atoms with Crippen molar-refractivity contribution in [3.05, 3.63) is 18.2 Å². The maximum absolute atomic E-state index is 10.8. The summed E-state index contributed by atoms with van der Waals surface area (Å²) in [5, 5.41) is 9.65. The number of carboxylic acid groups (broad SMARTS) is 1. The Kier molecular flexibility index (Phi) is 4.05. The van der Waals surface area contributed by atoms with E-state index in [9.17, 15) is 4.79 Å². The molecule has 0 radical (unpaired) electrons. The molecule has 0 spiro atoms. The van der Waals surface area contributed by atoms with Gasteiger partial charge in [-0.3, -0.25) is 4.79 Å². The number of aryl methyl sites for hydroxylation is 1. The summed E-state index contributed by atoms with van der Waals surface area (Å²) in [6, 6.07) is 5.84. The number of thioether (sulfide) groups is 1. The highest BCUT2D eigenvalue weighted by Crippen LogP contribution is 2.35. The van der Waals surface area contributed by atoms with Crippen LogP contribution in [0.3, 0.4) is 0 Å². The molecule has 1 aliphatic carbocycles. The van der Waals surface area contributed by atoms with Gasteiger partial charge in [-0.1, -0.05) is 30.7 Å². The lowest BCUT2D eigenvalue weighted by Gasteiger charge is -2.08. The number of hydrogen-bond donors (Lipinski definition) is 1. The Bertz CT molecular complexity index is 664. The molecule has 0 unspecified atom stereocenters. The van der Waals surface area contributed by atoms with Gasteiger partial charge in [0.25, 0.3) is 0 Å². The van der Waals surface area contributed by atoms with Crippen LogP contribution in [0, 0.1) is 5.92 Å². The molecule has 112 valence electrons. The first-order chi connectivity index (χ1) is 10.2. The first-order valence-corrected chi connectivity index (χ1v) is 8.05. The van der Waals surface area contributed by atoms with Crippen molar-refractivity contribution in [2.24, 2.45) is 5.92 Å². The van der Waals surface area contributed by atoms with Gasteiger partial charge in [0.2, 0.25) is 0 Å². The number of aromatic nitrogens is 2. The van der Waals surface area contributed by atoms with Crippen LogP contribution in [0.25, 0.3) is 11.0 Å². The van der Waals surface area contributed by atoms with Gasteiger partial charge < -0.3 is 14.4 Å². The van der Waals surface area contributed by atoms with E-state index in [1.807, 2.05) is 18.2 Å². The summed E-state index contributed by atoms with van der Waals surface area (Å²) in [6.07, 6.45) is 3.75. The fourth-order valence-corrected chi connectivity index (χ4v) is 3.19. The van der Waals surface area contributed by atoms with E-state index < -0.39 is 5.97 Å². The molecule has 1 heterocycles. The second kappa shape index (κ2) is 5.97. The number of methoxy groups -OCH3 is 1. The average Bonchev–Trinajstić information content (AvgIpc) is 3.23.